The first-order chi connectivity index (χ1) is 12.8. The van der Waals surface area contributed by atoms with Crippen molar-refractivity contribution in [1.82, 2.24) is 4.90 Å². The van der Waals surface area contributed by atoms with Crippen molar-refractivity contribution in [2.45, 2.75) is 77.3 Å². The molecule has 3 aliphatic rings. The average molecular weight is 373 g/mol. The molecule has 1 aromatic carbocycles. The van der Waals surface area contributed by atoms with Gasteiger partial charge in [0.15, 0.2) is 0 Å². The second-order valence-corrected chi connectivity index (χ2v) is 9.85. The zero-order valence-corrected chi connectivity index (χ0v) is 17.0. The maximum Gasteiger partial charge on any atom is 0.228 e. The van der Waals surface area contributed by atoms with Crippen LogP contribution in [0.15, 0.2) is 24.3 Å². The number of piperidine rings is 1. The van der Waals surface area contributed by atoms with Crippen molar-refractivity contribution in [2.24, 2.45) is 11.3 Å². The highest BCUT2D eigenvalue weighted by molar-refractivity contribution is 5.82. The first-order valence-corrected chi connectivity index (χ1v) is 10.6. The third-order valence-electron chi connectivity index (χ3n) is 7.30. The summed E-state index contributed by atoms with van der Waals surface area (Å²) in [6, 6.07) is 7.36. The van der Waals surface area contributed by atoms with Crippen LogP contribution in [0.2, 0.25) is 0 Å². The lowest BCUT2D eigenvalue weighted by molar-refractivity contribution is -0.145. The molecule has 0 unspecified atom stereocenters. The third-order valence-corrected chi connectivity index (χ3v) is 7.30. The molecule has 2 heterocycles. The number of rotatable bonds is 2. The Bertz CT molecular complexity index is 693. The Labute approximate surface area is 162 Å². The topological polar surface area (TPSA) is 23.6 Å². The van der Waals surface area contributed by atoms with Gasteiger partial charge in [-0.05, 0) is 69.7 Å². The molecule has 0 aromatic heterocycles. The van der Waals surface area contributed by atoms with E-state index in [4.69, 9.17) is 0 Å². The Morgan fingerprint density at radius 3 is 2.41 bits per heavy atom. The molecule has 0 radical (unpaired) electrons. The zero-order chi connectivity index (χ0) is 19.2. The maximum absolute atomic E-state index is 13.4. The molecule has 0 bridgehead atoms. The summed E-state index contributed by atoms with van der Waals surface area (Å²) >= 11 is 0. The molecule has 0 N–H and O–H groups in total. The second kappa shape index (κ2) is 6.79. The van der Waals surface area contributed by atoms with Gasteiger partial charge in [0.1, 0.15) is 5.82 Å². The van der Waals surface area contributed by atoms with Crippen molar-refractivity contribution >= 4 is 11.6 Å². The van der Waals surface area contributed by atoms with Crippen molar-refractivity contribution in [2.75, 3.05) is 18.0 Å². The summed E-state index contributed by atoms with van der Waals surface area (Å²) in [5.41, 5.74) is 0.990. The van der Waals surface area contributed by atoms with Crippen LogP contribution in [0.1, 0.15) is 65.7 Å². The van der Waals surface area contributed by atoms with Crippen molar-refractivity contribution in [1.29, 1.82) is 0 Å². The van der Waals surface area contributed by atoms with E-state index in [9.17, 15) is 9.18 Å². The Balaban J connectivity index is 1.51. The summed E-state index contributed by atoms with van der Waals surface area (Å²) in [6.07, 6.45) is 7.82. The monoisotopic (exact) mass is 372 g/mol. The number of nitrogens with zero attached hydrogens (tertiary/aromatic N) is 2. The minimum atomic E-state index is -0.187. The van der Waals surface area contributed by atoms with Crippen LogP contribution in [0.4, 0.5) is 10.1 Å². The number of fused-ring (bicyclic) bond motifs is 1. The van der Waals surface area contributed by atoms with Gasteiger partial charge in [-0.3, -0.25) is 4.79 Å². The first-order valence-electron chi connectivity index (χ1n) is 10.6. The van der Waals surface area contributed by atoms with Crippen molar-refractivity contribution in [3.05, 3.63) is 30.1 Å². The Kier molecular flexibility index (Phi) is 4.72. The second-order valence-electron chi connectivity index (χ2n) is 9.85. The van der Waals surface area contributed by atoms with Gasteiger partial charge in [-0.25, -0.2) is 4.39 Å². The van der Waals surface area contributed by atoms with Gasteiger partial charge in [0.25, 0.3) is 0 Å². The molecule has 4 rings (SSSR count). The normalized spacial score (nSPS) is 29.5. The highest BCUT2D eigenvalue weighted by atomic mass is 19.1. The average Bonchev–Trinajstić information content (AvgIpc) is 2.91. The number of carbonyl (C=O) groups excluding carboxylic acids is 1. The zero-order valence-electron chi connectivity index (χ0n) is 17.0. The molecule has 2 atom stereocenters. The number of carbonyl (C=O) groups is 1. The van der Waals surface area contributed by atoms with Crippen LogP contribution in [0.5, 0.6) is 0 Å². The lowest BCUT2D eigenvalue weighted by atomic mass is 9.74. The van der Waals surface area contributed by atoms with Crippen LogP contribution >= 0.6 is 0 Å². The fourth-order valence-electron chi connectivity index (χ4n) is 6.00. The maximum atomic E-state index is 13.4. The minimum Gasteiger partial charge on any atom is -0.363 e. The Hall–Kier alpha value is -1.58. The van der Waals surface area contributed by atoms with Crippen LogP contribution in [-0.2, 0) is 4.79 Å². The molecule has 27 heavy (non-hydrogen) atoms. The van der Waals surface area contributed by atoms with E-state index in [1.165, 1.54) is 19.3 Å². The number of benzene rings is 1. The quantitative estimate of drug-likeness (QED) is 0.729. The van der Waals surface area contributed by atoms with Crippen LogP contribution < -0.4 is 4.90 Å². The molecular formula is C23H33FN2O. The number of halogens is 1. The van der Waals surface area contributed by atoms with Gasteiger partial charge in [0, 0.05) is 35.8 Å². The Morgan fingerprint density at radius 2 is 1.74 bits per heavy atom. The van der Waals surface area contributed by atoms with E-state index in [1.54, 1.807) is 12.1 Å². The van der Waals surface area contributed by atoms with E-state index in [1.807, 2.05) is 12.1 Å². The molecule has 1 aromatic rings. The van der Waals surface area contributed by atoms with Crippen LogP contribution in [0.3, 0.4) is 0 Å². The predicted molar refractivity (Wildman–Crippen MR) is 107 cm³/mol. The van der Waals surface area contributed by atoms with E-state index in [0.717, 1.165) is 44.5 Å². The molecule has 2 saturated heterocycles. The fourth-order valence-corrected chi connectivity index (χ4v) is 6.00. The van der Waals surface area contributed by atoms with Crippen molar-refractivity contribution in [3.8, 4) is 0 Å². The Morgan fingerprint density at radius 1 is 1.07 bits per heavy atom. The smallest absolute Gasteiger partial charge is 0.228 e. The fraction of sp³-hybridized carbons (Fsp3) is 0.696. The lowest BCUT2D eigenvalue weighted by Gasteiger charge is -2.44. The highest BCUT2D eigenvalue weighted by Crippen LogP contribution is 2.46. The molecule has 3 nitrogen and oxygen atoms in total. The number of amides is 1. The van der Waals surface area contributed by atoms with Gasteiger partial charge in [-0.15, -0.1) is 0 Å². The van der Waals surface area contributed by atoms with Gasteiger partial charge in [0.05, 0.1) is 0 Å². The van der Waals surface area contributed by atoms with Crippen molar-refractivity contribution in [3.63, 3.8) is 0 Å². The summed E-state index contributed by atoms with van der Waals surface area (Å²) in [5, 5.41) is 0. The van der Waals surface area contributed by atoms with Crippen LogP contribution in [0.25, 0.3) is 0 Å². The van der Waals surface area contributed by atoms with Gasteiger partial charge in [0.2, 0.25) is 5.91 Å². The van der Waals surface area contributed by atoms with E-state index in [2.05, 4.69) is 30.6 Å². The first kappa shape index (κ1) is 18.8. The molecule has 1 aliphatic carbocycles. The van der Waals surface area contributed by atoms with Gasteiger partial charge in [-0.1, -0.05) is 26.2 Å². The standard InChI is InChI=1S/C23H33FN2O/c1-22(2)15-17-16-25(21(27)23(3)12-5-4-6-13-23)14-11-20(17)26(22)19-9-7-18(24)8-10-19/h7-10,17,20H,4-6,11-16H2,1-3H3/t17-,20+/m1/s1. The largest absolute Gasteiger partial charge is 0.363 e. The molecule has 0 spiro atoms. The third kappa shape index (κ3) is 3.36. The lowest BCUT2D eigenvalue weighted by Crippen LogP contribution is -2.53. The number of hydrogen-bond acceptors (Lipinski definition) is 2. The number of anilines is 1. The predicted octanol–water partition coefficient (Wildman–Crippen LogP) is 5.00. The molecule has 1 amide bonds. The number of hydrogen-bond donors (Lipinski definition) is 0. The minimum absolute atomic E-state index is 0.0287. The van der Waals surface area contributed by atoms with Crippen LogP contribution in [-0.4, -0.2) is 35.5 Å². The molecule has 2 aliphatic heterocycles. The molecule has 1 saturated carbocycles. The van der Waals surface area contributed by atoms with E-state index >= 15 is 0 Å². The van der Waals surface area contributed by atoms with E-state index < -0.39 is 0 Å². The number of likely N-dealkylation sites (tertiary alicyclic amines) is 1. The molecular weight excluding hydrogens is 339 g/mol. The summed E-state index contributed by atoms with van der Waals surface area (Å²) in [6.45, 7) is 8.47. The van der Waals surface area contributed by atoms with E-state index in [0.29, 0.717) is 17.9 Å². The van der Waals surface area contributed by atoms with Crippen molar-refractivity contribution < 1.29 is 9.18 Å². The van der Waals surface area contributed by atoms with Gasteiger partial charge < -0.3 is 9.80 Å². The van der Waals surface area contributed by atoms with Gasteiger partial charge >= 0.3 is 0 Å². The summed E-state index contributed by atoms with van der Waals surface area (Å²) in [7, 11) is 0. The summed E-state index contributed by atoms with van der Waals surface area (Å²) in [4.78, 5) is 17.9. The summed E-state index contributed by atoms with van der Waals surface area (Å²) in [5.74, 6) is 0.696. The van der Waals surface area contributed by atoms with E-state index in [-0.39, 0.29) is 16.8 Å². The van der Waals surface area contributed by atoms with Crippen LogP contribution in [0, 0.1) is 17.2 Å². The SMILES string of the molecule is CC1(C(=O)N2CC[C@H]3[C@@H](C2)CC(C)(C)N3c2ccc(F)cc2)CCCCC1. The summed E-state index contributed by atoms with van der Waals surface area (Å²) < 4.78 is 13.4. The molecule has 148 valence electrons. The molecule has 3 fully saturated rings. The van der Waals surface area contributed by atoms with Gasteiger partial charge in [-0.2, -0.15) is 0 Å². The highest BCUT2D eigenvalue weighted by Gasteiger charge is 2.50. The molecule has 4 heteroatoms.